The van der Waals surface area contributed by atoms with E-state index in [-0.39, 0.29) is 6.15 Å². The smallest absolute Gasteiger partial charge is 0.373 e. The van der Waals surface area contributed by atoms with Crippen LogP contribution in [0, 0.1) is 0 Å². The molecule has 4 aromatic rings. The molecule has 0 amide bonds. The van der Waals surface area contributed by atoms with Crippen LogP contribution in [0.2, 0.25) is 0 Å². The largest absolute Gasteiger partial charge is 0.399 e. The van der Waals surface area contributed by atoms with Gasteiger partial charge in [-0.3, -0.25) is 0 Å². The van der Waals surface area contributed by atoms with Crippen molar-refractivity contribution in [2.45, 2.75) is 13.3 Å². The van der Waals surface area contributed by atoms with Gasteiger partial charge in [0.2, 0.25) is 0 Å². The van der Waals surface area contributed by atoms with Gasteiger partial charge in [-0.1, -0.05) is 31.2 Å². The monoisotopic (exact) mass is 424 g/mol. The fourth-order valence-corrected chi connectivity index (χ4v) is 3.58. The summed E-state index contributed by atoms with van der Waals surface area (Å²) < 4.78 is 0. The van der Waals surface area contributed by atoms with E-state index in [0.717, 1.165) is 40.3 Å². The molecule has 0 spiro atoms. The van der Waals surface area contributed by atoms with E-state index >= 15 is 0 Å². The lowest BCUT2D eigenvalue weighted by Crippen LogP contribution is -1.84. The van der Waals surface area contributed by atoms with E-state index in [4.69, 9.17) is 21.1 Å². The Morgan fingerprint density at radius 2 is 1.38 bits per heavy atom. The molecule has 0 aliphatic carbocycles. The Bertz CT molecular complexity index is 1020. The third kappa shape index (κ3) is 6.97. The van der Waals surface area contributed by atoms with Crippen LogP contribution in [0.25, 0.3) is 22.5 Å². The van der Waals surface area contributed by atoms with Crippen LogP contribution in [0.5, 0.6) is 0 Å². The first-order valence-electron chi connectivity index (χ1n) is 8.61. The van der Waals surface area contributed by atoms with Gasteiger partial charge in [-0.15, -0.1) is 22.7 Å². The van der Waals surface area contributed by atoms with Crippen molar-refractivity contribution in [2.24, 2.45) is 0 Å². The molecule has 4 N–H and O–H groups in total. The molecule has 29 heavy (non-hydrogen) atoms. The van der Waals surface area contributed by atoms with Crippen molar-refractivity contribution in [3.63, 3.8) is 0 Å². The molecule has 6 nitrogen and oxygen atoms in total. The summed E-state index contributed by atoms with van der Waals surface area (Å²) in [5.41, 5.74) is 18.9. The van der Waals surface area contributed by atoms with Crippen molar-refractivity contribution in [1.82, 2.24) is 9.97 Å². The topological polar surface area (TPSA) is 112 Å². The maximum Gasteiger partial charge on any atom is 0.373 e. The van der Waals surface area contributed by atoms with Crippen LogP contribution in [0.1, 0.15) is 11.9 Å². The van der Waals surface area contributed by atoms with Gasteiger partial charge < -0.3 is 11.5 Å². The number of carbonyl (C=O) groups excluding carboxylic acids is 2. The summed E-state index contributed by atoms with van der Waals surface area (Å²) in [4.78, 5) is 25.0. The van der Waals surface area contributed by atoms with Crippen LogP contribution in [0.3, 0.4) is 0 Å². The first kappa shape index (κ1) is 22.0. The highest BCUT2D eigenvalue weighted by molar-refractivity contribution is 7.10. The Hall–Kier alpha value is -3.32. The van der Waals surface area contributed by atoms with Crippen LogP contribution in [-0.2, 0) is 16.0 Å². The molecule has 0 aliphatic rings. The molecule has 0 saturated heterocycles. The SMILES string of the molecule is CCc1nc(-c2ccc(N)cc2)cs1.Nc1ccc(-c2cscn2)cc1.O=C=O. The quantitative estimate of drug-likeness (QED) is 0.458. The number of hydrogen-bond donors (Lipinski definition) is 2. The van der Waals surface area contributed by atoms with Gasteiger partial charge >= 0.3 is 6.15 Å². The molecule has 4 rings (SSSR count). The fourth-order valence-electron chi connectivity index (χ4n) is 2.27. The van der Waals surface area contributed by atoms with Crippen molar-refractivity contribution in [1.29, 1.82) is 0 Å². The standard InChI is InChI=1S/C11H12N2S.C9H8N2S.CO2/c1-2-11-13-10(7-14-11)8-3-5-9(12)6-4-8;10-8-3-1-7(2-4-8)9-5-12-6-11-9;2-1-3/h3-7H,2,12H2,1H3;1-6H,10H2;. The molecule has 0 radical (unpaired) electrons. The van der Waals surface area contributed by atoms with Gasteiger partial charge in [-0.25, -0.2) is 9.97 Å². The van der Waals surface area contributed by atoms with Gasteiger partial charge in [-0.2, -0.15) is 9.59 Å². The van der Waals surface area contributed by atoms with Gasteiger partial charge in [0.25, 0.3) is 0 Å². The fraction of sp³-hybridized carbons (Fsp3) is 0.0952. The number of nitrogen functional groups attached to an aromatic ring is 2. The van der Waals surface area contributed by atoms with E-state index in [0.29, 0.717) is 0 Å². The van der Waals surface area contributed by atoms with Gasteiger partial charge in [0.05, 0.1) is 21.9 Å². The Kier molecular flexibility index (Phi) is 8.72. The van der Waals surface area contributed by atoms with E-state index in [1.165, 1.54) is 5.01 Å². The van der Waals surface area contributed by atoms with Crippen LogP contribution in [0.4, 0.5) is 11.4 Å². The summed E-state index contributed by atoms with van der Waals surface area (Å²) in [6.45, 7) is 2.12. The predicted molar refractivity (Wildman–Crippen MR) is 118 cm³/mol. The summed E-state index contributed by atoms with van der Waals surface area (Å²) >= 11 is 3.30. The predicted octanol–water partition coefficient (Wildman–Crippen LogP) is 4.76. The first-order valence-corrected chi connectivity index (χ1v) is 10.4. The average molecular weight is 425 g/mol. The molecule has 0 aliphatic heterocycles. The number of thiazole rings is 2. The number of aryl methyl sites for hydroxylation is 1. The first-order chi connectivity index (χ1) is 14.1. The third-order valence-corrected chi connectivity index (χ3v) is 5.28. The second-order valence-corrected chi connectivity index (χ2v) is 7.34. The normalized spacial score (nSPS) is 9.41. The Morgan fingerprint density at radius 1 is 0.862 bits per heavy atom. The molecule has 2 aromatic heterocycles. The zero-order valence-corrected chi connectivity index (χ0v) is 17.4. The number of aromatic nitrogens is 2. The van der Waals surface area contributed by atoms with Crippen molar-refractivity contribution in [3.8, 4) is 22.5 Å². The number of nitrogens with two attached hydrogens (primary N) is 2. The van der Waals surface area contributed by atoms with E-state index in [1.807, 2.05) is 59.4 Å². The minimum atomic E-state index is 0.250. The Balaban J connectivity index is 0.000000184. The molecular formula is C21H20N4O2S2. The maximum absolute atomic E-state index is 8.12. The van der Waals surface area contributed by atoms with Crippen molar-refractivity contribution >= 4 is 40.2 Å². The molecule has 8 heteroatoms. The van der Waals surface area contributed by atoms with E-state index in [9.17, 15) is 0 Å². The molecule has 0 fully saturated rings. The summed E-state index contributed by atoms with van der Waals surface area (Å²) in [5, 5.41) is 5.28. The highest BCUT2D eigenvalue weighted by Crippen LogP contribution is 2.23. The van der Waals surface area contributed by atoms with E-state index in [2.05, 4.69) is 22.3 Å². The minimum Gasteiger partial charge on any atom is -0.399 e. The van der Waals surface area contributed by atoms with Gasteiger partial charge in [0, 0.05) is 33.3 Å². The second kappa shape index (κ2) is 11.5. The molecule has 2 aromatic carbocycles. The molecule has 148 valence electrons. The second-order valence-electron chi connectivity index (χ2n) is 5.68. The van der Waals surface area contributed by atoms with Crippen molar-refractivity contribution < 1.29 is 9.59 Å². The van der Waals surface area contributed by atoms with Crippen LogP contribution < -0.4 is 11.5 Å². The number of nitrogens with zero attached hydrogens (tertiary/aromatic N) is 2. The van der Waals surface area contributed by atoms with Crippen LogP contribution in [0.15, 0.2) is 64.8 Å². The number of anilines is 2. The van der Waals surface area contributed by atoms with Crippen molar-refractivity contribution in [2.75, 3.05) is 11.5 Å². The molecule has 0 bridgehead atoms. The van der Waals surface area contributed by atoms with E-state index < -0.39 is 0 Å². The zero-order valence-electron chi connectivity index (χ0n) is 15.7. The molecule has 0 saturated carbocycles. The number of hydrogen-bond acceptors (Lipinski definition) is 8. The Labute approximate surface area is 176 Å². The number of rotatable bonds is 3. The lowest BCUT2D eigenvalue weighted by Gasteiger charge is -1.96. The average Bonchev–Trinajstić information content (AvgIpc) is 3.43. The molecule has 0 unspecified atom stereocenters. The zero-order chi connectivity index (χ0) is 21.1. The highest BCUT2D eigenvalue weighted by Gasteiger charge is 2.02. The highest BCUT2D eigenvalue weighted by atomic mass is 32.1. The van der Waals surface area contributed by atoms with Gasteiger partial charge in [0.15, 0.2) is 0 Å². The summed E-state index contributed by atoms with van der Waals surface area (Å²) in [6.07, 6.45) is 1.25. The molecular weight excluding hydrogens is 404 g/mol. The summed E-state index contributed by atoms with van der Waals surface area (Å²) in [7, 11) is 0. The lowest BCUT2D eigenvalue weighted by atomic mass is 10.1. The van der Waals surface area contributed by atoms with Gasteiger partial charge in [-0.05, 0) is 30.7 Å². The maximum atomic E-state index is 8.12. The summed E-state index contributed by atoms with van der Waals surface area (Å²) in [5.74, 6) is 0. The minimum absolute atomic E-state index is 0.250. The summed E-state index contributed by atoms with van der Waals surface area (Å²) in [6, 6.07) is 15.5. The Morgan fingerprint density at radius 3 is 1.79 bits per heavy atom. The van der Waals surface area contributed by atoms with Crippen LogP contribution in [-0.4, -0.2) is 16.1 Å². The lowest BCUT2D eigenvalue weighted by molar-refractivity contribution is -0.191. The van der Waals surface area contributed by atoms with E-state index in [1.54, 1.807) is 22.7 Å². The molecule has 0 atom stereocenters. The molecule has 2 heterocycles. The van der Waals surface area contributed by atoms with Gasteiger partial charge in [0.1, 0.15) is 0 Å². The van der Waals surface area contributed by atoms with Crippen molar-refractivity contribution in [3.05, 3.63) is 69.8 Å². The number of benzene rings is 2. The van der Waals surface area contributed by atoms with Crippen LogP contribution >= 0.6 is 22.7 Å². The third-order valence-electron chi connectivity index (χ3n) is 3.70.